The van der Waals surface area contributed by atoms with E-state index in [4.69, 9.17) is 0 Å². The Morgan fingerprint density at radius 3 is 2.50 bits per heavy atom. The number of piperazine rings is 1. The summed E-state index contributed by atoms with van der Waals surface area (Å²) >= 11 is 0. The number of guanidine groups is 1. The van der Waals surface area contributed by atoms with Gasteiger partial charge in [0.15, 0.2) is 5.96 Å². The Labute approximate surface area is 188 Å². The normalized spacial score (nSPS) is 18.6. The number of anilines is 2. The third-order valence-corrected chi connectivity index (χ3v) is 6.01. The highest BCUT2D eigenvalue weighted by atomic mass is 16.2. The minimum absolute atomic E-state index is 0.0169. The zero-order chi connectivity index (χ0) is 22.3. The first kappa shape index (κ1) is 21.7. The van der Waals surface area contributed by atoms with Crippen molar-refractivity contribution in [2.45, 2.75) is 12.3 Å². The molecule has 2 amide bonds. The molecule has 0 aromatic heterocycles. The van der Waals surface area contributed by atoms with E-state index in [0.717, 1.165) is 24.3 Å². The van der Waals surface area contributed by atoms with Crippen molar-refractivity contribution in [3.8, 4) is 0 Å². The lowest BCUT2D eigenvalue weighted by molar-refractivity contribution is -0.130. The summed E-state index contributed by atoms with van der Waals surface area (Å²) < 4.78 is 0. The maximum atomic E-state index is 12.7. The predicted molar refractivity (Wildman–Crippen MR) is 127 cm³/mol. The van der Waals surface area contributed by atoms with Crippen LogP contribution in [0.1, 0.15) is 17.9 Å². The Balaban J connectivity index is 1.24. The molecule has 2 heterocycles. The summed E-state index contributed by atoms with van der Waals surface area (Å²) in [5.74, 6) is 0.691. The molecule has 0 bridgehead atoms. The van der Waals surface area contributed by atoms with E-state index in [1.807, 2.05) is 47.4 Å². The van der Waals surface area contributed by atoms with Crippen LogP contribution >= 0.6 is 0 Å². The van der Waals surface area contributed by atoms with Gasteiger partial charge in [-0.3, -0.25) is 14.6 Å². The van der Waals surface area contributed by atoms with E-state index in [9.17, 15) is 9.59 Å². The number of rotatable bonds is 5. The molecule has 2 aromatic rings. The van der Waals surface area contributed by atoms with Crippen LogP contribution in [-0.4, -0.2) is 69.0 Å². The van der Waals surface area contributed by atoms with Crippen molar-refractivity contribution in [3.63, 3.8) is 0 Å². The van der Waals surface area contributed by atoms with Crippen LogP contribution in [0.5, 0.6) is 0 Å². The lowest BCUT2D eigenvalue weighted by Gasteiger charge is -2.36. The molecule has 32 heavy (non-hydrogen) atoms. The van der Waals surface area contributed by atoms with Gasteiger partial charge in [-0.2, -0.15) is 0 Å². The van der Waals surface area contributed by atoms with Crippen LogP contribution in [0.3, 0.4) is 0 Å². The summed E-state index contributed by atoms with van der Waals surface area (Å²) in [5, 5.41) is 9.30. The first-order valence-corrected chi connectivity index (χ1v) is 11.0. The third kappa shape index (κ3) is 5.19. The smallest absolute Gasteiger partial charge is 0.242 e. The predicted octanol–water partition coefficient (Wildman–Crippen LogP) is 1.63. The molecular formula is C24H30N6O2. The molecule has 0 saturated carbocycles. The van der Waals surface area contributed by atoms with E-state index < -0.39 is 0 Å². The largest absolute Gasteiger partial charge is 0.368 e. The molecule has 2 aromatic carbocycles. The van der Waals surface area contributed by atoms with Crippen LogP contribution in [-0.2, 0) is 9.59 Å². The molecular weight excluding hydrogens is 404 g/mol. The van der Waals surface area contributed by atoms with Gasteiger partial charge in [0.05, 0.1) is 6.54 Å². The van der Waals surface area contributed by atoms with Gasteiger partial charge in [0.25, 0.3) is 0 Å². The number of hydrogen-bond acceptors (Lipinski definition) is 4. The van der Waals surface area contributed by atoms with Crippen molar-refractivity contribution in [1.29, 1.82) is 0 Å². The second-order valence-electron chi connectivity index (χ2n) is 8.05. The van der Waals surface area contributed by atoms with Crippen molar-refractivity contribution in [2.24, 2.45) is 4.99 Å². The molecule has 2 aliphatic rings. The summed E-state index contributed by atoms with van der Waals surface area (Å²) in [7, 11) is 1.68. The number of benzene rings is 2. The van der Waals surface area contributed by atoms with Crippen LogP contribution in [0, 0.1) is 0 Å². The quantitative estimate of drug-likeness (QED) is 0.492. The average molecular weight is 435 g/mol. The van der Waals surface area contributed by atoms with Crippen LogP contribution in [0.2, 0.25) is 0 Å². The fourth-order valence-electron chi connectivity index (χ4n) is 4.25. The highest BCUT2D eigenvalue weighted by molar-refractivity contribution is 5.95. The molecule has 8 nitrogen and oxygen atoms in total. The second kappa shape index (κ2) is 10.2. The van der Waals surface area contributed by atoms with Gasteiger partial charge < -0.3 is 25.8 Å². The first-order valence-electron chi connectivity index (χ1n) is 11.0. The van der Waals surface area contributed by atoms with Crippen LogP contribution in [0.15, 0.2) is 59.6 Å². The average Bonchev–Trinajstić information content (AvgIpc) is 2.84. The van der Waals surface area contributed by atoms with Crippen molar-refractivity contribution in [3.05, 3.63) is 60.2 Å². The van der Waals surface area contributed by atoms with Gasteiger partial charge in [-0.25, -0.2) is 0 Å². The molecule has 1 unspecified atom stereocenters. The molecule has 1 atom stereocenters. The Kier molecular flexibility index (Phi) is 6.89. The van der Waals surface area contributed by atoms with Gasteiger partial charge in [-0.1, -0.05) is 36.4 Å². The number of para-hydroxylation sites is 2. The number of hydrogen-bond donors (Lipinski definition) is 3. The molecule has 2 aliphatic heterocycles. The van der Waals surface area contributed by atoms with Crippen molar-refractivity contribution < 1.29 is 9.59 Å². The fraction of sp³-hybridized carbons (Fsp3) is 0.375. The van der Waals surface area contributed by atoms with Gasteiger partial charge in [-0.15, -0.1) is 0 Å². The van der Waals surface area contributed by atoms with Crippen molar-refractivity contribution in [1.82, 2.24) is 15.5 Å². The molecule has 4 rings (SSSR count). The molecule has 1 saturated heterocycles. The van der Waals surface area contributed by atoms with Crippen LogP contribution in [0.4, 0.5) is 11.4 Å². The van der Waals surface area contributed by atoms with Crippen molar-refractivity contribution in [2.75, 3.05) is 56.5 Å². The minimum atomic E-state index is 0.0169. The number of fused-ring (bicyclic) bond motifs is 1. The monoisotopic (exact) mass is 434 g/mol. The molecule has 0 aliphatic carbocycles. The summed E-state index contributed by atoms with van der Waals surface area (Å²) in [5.41, 5.74) is 3.17. The summed E-state index contributed by atoms with van der Waals surface area (Å²) in [6.07, 6.45) is 0.422. The zero-order valence-electron chi connectivity index (χ0n) is 18.4. The molecule has 8 heteroatoms. The van der Waals surface area contributed by atoms with E-state index in [1.54, 1.807) is 7.05 Å². The zero-order valence-corrected chi connectivity index (χ0v) is 18.4. The third-order valence-electron chi connectivity index (χ3n) is 6.01. The molecule has 0 spiro atoms. The van der Waals surface area contributed by atoms with Gasteiger partial charge in [0.1, 0.15) is 0 Å². The number of amides is 2. The minimum Gasteiger partial charge on any atom is -0.368 e. The molecule has 168 valence electrons. The first-order chi connectivity index (χ1) is 15.6. The number of carbonyl (C=O) groups excluding carboxylic acids is 2. The van der Waals surface area contributed by atoms with E-state index >= 15 is 0 Å². The van der Waals surface area contributed by atoms with E-state index in [0.29, 0.717) is 32.0 Å². The summed E-state index contributed by atoms with van der Waals surface area (Å²) in [6, 6.07) is 18.1. The highest BCUT2D eigenvalue weighted by Crippen LogP contribution is 2.31. The molecule has 3 N–H and O–H groups in total. The number of carbonyl (C=O) groups is 2. The highest BCUT2D eigenvalue weighted by Gasteiger charge is 2.25. The molecule has 1 fully saturated rings. The Morgan fingerprint density at radius 2 is 1.75 bits per heavy atom. The van der Waals surface area contributed by atoms with Crippen LogP contribution in [0.25, 0.3) is 0 Å². The SMILES string of the molecule is CN=C(NCC(=O)N1CCN(c2ccccc2)CC1)NCC1CC(=O)Nc2ccccc21. The number of nitrogens with one attached hydrogen (secondary N) is 3. The maximum absolute atomic E-state index is 12.7. The Hall–Kier alpha value is -3.55. The standard InChI is InChI=1S/C24H30N6O2/c1-25-24(26-16-18-15-22(31)28-21-10-6-5-9-20(18)21)27-17-23(32)30-13-11-29(12-14-30)19-7-3-2-4-8-19/h2-10,18H,11-17H2,1H3,(H,28,31)(H2,25,26,27). The van der Waals surface area contributed by atoms with E-state index in [1.165, 1.54) is 5.69 Å². The van der Waals surface area contributed by atoms with Gasteiger partial charge in [0.2, 0.25) is 11.8 Å². The van der Waals surface area contributed by atoms with Crippen molar-refractivity contribution >= 4 is 29.1 Å². The Morgan fingerprint density at radius 1 is 1.03 bits per heavy atom. The van der Waals surface area contributed by atoms with Gasteiger partial charge in [-0.05, 0) is 23.8 Å². The molecule has 0 radical (unpaired) electrons. The fourth-order valence-corrected chi connectivity index (χ4v) is 4.25. The lowest BCUT2D eigenvalue weighted by Crippen LogP contribution is -2.52. The summed E-state index contributed by atoms with van der Waals surface area (Å²) in [6.45, 7) is 3.81. The van der Waals surface area contributed by atoms with E-state index in [2.05, 4.69) is 38.0 Å². The van der Waals surface area contributed by atoms with Gasteiger partial charge >= 0.3 is 0 Å². The van der Waals surface area contributed by atoms with E-state index in [-0.39, 0.29) is 24.3 Å². The topological polar surface area (TPSA) is 89.1 Å². The van der Waals surface area contributed by atoms with Crippen LogP contribution < -0.4 is 20.9 Å². The summed E-state index contributed by atoms with van der Waals surface area (Å²) in [4.78, 5) is 33.1. The second-order valence-corrected chi connectivity index (χ2v) is 8.05. The Bertz CT molecular complexity index is 969. The lowest BCUT2D eigenvalue weighted by atomic mass is 9.90. The maximum Gasteiger partial charge on any atom is 0.242 e. The van der Waals surface area contributed by atoms with Gasteiger partial charge in [0, 0.05) is 63.5 Å². The number of nitrogens with zero attached hydrogens (tertiary/aromatic N) is 3. The number of aliphatic imine (C=N–C) groups is 1.